The van der Waals surface area contributed by atoms with E-state index in [0.29, 0.717) is 5.70 Å². The molecule has 0 saturated carbocycles. The Kier molecular flexibility index (Phi) is 4.48. The van der Waals surface area contributed by atoms with Gasteiger partial charge in [-0.3, -0.25) is 0 Å². The summed E-state index contributed by atoms with van der Waals surface area (Å²) >= 11 is 1.85. The zero-order valence-electron chi connectivity index (χ0n) is 10.3. The van der Waals surface area contributed by atoms with E-state index in [2.05, 4.69) is 55.1 Å². The molecule has 0 spiro atoms. The summed E-state index contributed by atoms with van der Waals surface area (Å²) in [4.78, 5) is 1.28. The van der Waals surface area contributed by atoms with Gasteiger partial charge in [-0.25, -0.2) is 0 Å². The van der Waals surface area contributed by atoms with Gasteiger partial charge in [0.1, 0.15) is 0 Å². The molecule has 18 heavy (non-hydrogen) atoms. The van der Waals surface area contributed by atoms with Crippen molar-refractivity contribution in [2.24, 2.45) is 5.73 Å². The van der Waals surface area contributed by atoms with Gasteiger partial charge in [0.25, 0.3) is 0 Å². The van der Waals surface area contributed by atoms with Crippen molar-refractivity contribution in [2.75, 3.05) is 0 Å². The molecule has 1 nitrogen and oxygen atoms in total. The Morgan fingerprint density at radius 1 is 0.944 bits per heavy atom. The molecule has 2 aromatic rings. The van der Waals surface area contributed by atoms with Crippen molar-refractivity contribution in [1.29, 1.82) is 0 Å². The normalized spacial score (nSPS) is 10.2. The van der Waals surface area contributed by atoms with Gasteiger partial charge in [0, 0.05) is 22.8 Å². The van der Waals surface area contributed by atoms with Crippen LogP contribution in [-0.4, -0.2) is 0 Å². The maximum Gasteiger partial charge on any atom is 0.0231 e. The number of hydrogen-bond acceptors (Lipinski definition) is 2. The second kappa shape index (κ2) is 6.31. The molecule has 0 aromatic heterocycles. The predicted molar refractivity (Wildman–Crippen MR) is 79.5 cm³/mol. The highest BCUT2D eigenvalue weighted by atomic mass is 32.2. The minimum Gasteiger partial charge on any atom is -0.402 e. The zero-order valence-corrected chi connectivity index (χ0v) is 11.1. The Bertz CT molecular complexity index is 502. The minimum absolute atomic E-state index is 0.708. The van der Waals surface area contributed by atoms with E-state index in [1.807, 2.05) is 17.8 Å². The van der Waals surface area contributed by atoms with Crippen molar-refractivity contribution < 1.29 is 0 Å². The summed E-state index contributed by atoms with van der Waals surface area (Å²) in [5, 5.41) is 0. The molecule has 2 rings (SSSR count). The van der Waals surface area contributed by atoms with E-state index in [4.69, 9.17) is 5.73 Å². The van der Waals surface area contributed by atoms with Crippen LogP contribution in [0.3, 0.4) is 0 Å². The van der Waals surface area contributed by atoms with Gasteiger partial charge in [-0.05, 0) is 23.3 Å². The number of hydrogen-bond donors (Lipinski definition) is 1. The van der Waals surface area contributed by atoms with Crippen molar-refractivity contribution in [1.82, 2.24) is 0 Å². The van der Waals surface area contributed by atoms with Gasteiger partial charge in [-0.15, -0.1) is 11.8 Å². The van der Waals surface area contributed by atoms with Crippen molar-refractivity contribution in [3.8, 4) is 0 Å². The first kappa shape index (κ1) is 12.8. The van der Waals surface area contributed by atoms with Crippen LogP contribution in [0.5, 0.6) is 0 Å². The van der Waals surface area contributed by atoms with Crippen molar-refractivity contribution >= 4 is 11.8 Å². The van der Waals surface area contributed by atoms with Gasteiger partial charge < -0.3 is 5.73 Å². The molecule has 92 valence electrons. The molecular formula is C16H17NS. The fraction of sp³-hybridized carbons (Fsp3) is 0.125. The van der Waals surface area contributed by atoms with Gasteiger partial charge in [-0.1, -0.05) is 49.0 Å². The third kappa shape index (κ3) is 3.97. The van der Waals surface area contributed by atoms with E-state index in [-0.39, 0.29) is 0 Å². The second-order valence-corrected chi connectivity index (χ2v) is 5.30. The number of rotatable bonds is 5. The fourth-order valence-corrected chi connectivity index (χ4v) is 2.56. The Labute approximate surface area is 113 Å². The molecule has 0 heterocycles. The number of nitrogens with two attached hydrogens (primary N) is 1. The number of benzene rings is 2. The largest absolute Gasteiger partial charge is 0.402 e. The Morgan fingerprint density at radius 2 is 1.61 bits per heavy atom. The van der Waals surface area contributed by atoms with E-state index in [0.717, 1.165) is 12.2 Å². The Hall–Kier alpha value is -1.67. The molecule has 0 atom stereocenters. The van der Waals surface area contributed by atoms with Crippen molar-refractivity contribution in [2.45, 2.75) is 17.1 Å². The molecule has 0 fully saturated rings. The first-order chi connectivity index (χ1) is 8.74. The van der Waals surface area contributed by atoms with Gasteiger partial charge in [0.05, 0.1) is 0 Å². The van der Waals surface area contributed by atoms with E-state index in [1.165, 1.54) is 16.0 Å². The van der Waals surface area contributed by atoms with E-state index in [9.17, 15) is 0 Å². The second-order valence-electron chi connectivity index (χ2n) is 4.25. The summed E-state index contributed by atoms with van der Waals surface area (Å²) in [7, 11) is 0. The molecule has 0 aliphatic carbocycles. The SMILES string of the molecule is C=C(N)Cc1ccc(SCc2ccccc2)cc1. The van der Waals surface area contributed by atoms with Crippen LogP contribution in [0.4, 0.5) is 0 Å². The lowest BCUT2D eigenvalue weighted by atomic mass is 10.1. The maximum atomic E-state index is 5.60. The Balaban J connectivity index is 1.92. The smallest absolute Gasteiger partial charge is 0.0231 e. The first-order valence-corrected chi connectivity index (χ1v) is 6.91. The summed E-state index contributed by atoms with van der Waals surface area (Å²) in [6.45, 7) is 3.72. The minimum atomic E-state index is 0.708. The van der Waals surface area contributed by atoms with Crippen LogP contribution in [0.1, 0.15) is 11.1 Å². The van der Waals surface area contributed by atoms with Crippen LogP contribution in [0.2, 0.25) is 0 Å². The molecule has 0 bridgehead atoms. The molecule has 0 radical (unpaired) electrons. The highest BCUT2D eigenvalue weighted by molar-refractivity contribution is 7.98. The number of allylic oxidation sites excluding steroid dienone is 1. The van der Waals surface area contributed by atoms with Gasteiger partial charge >= 0.3 is 0 Å². The van der Waals surface area contributed by atoms with Gasteiger partial charge in [0.15, 0.2) is 0 Å². The van der Waals surface area contributed by atoms with Crippen LogP contribution in [0.25, 0.3) is 0 Å². The van der Waals surface area contributed by atoms with E-state index >= 15 is 0 Å². The molecule has 0 saturated heterocycles. The molecule has 0 aliphatic rings. The quantitative estimate of drug-likeness (QED) is 0.817. The lowest BCUT2D eigenvalue weighted by molar-refractivity contribution is 1.11. The topological polar surface area (TPSA) is 26.0 Å². The molecule has 0 aliphatic heterocycles. The van der Waals surface area contributed by atoms with Gasteiger partial charge in [0.2, 0.25) is 0 Å². The van der Waals surface area contributed by atoms with Crippen LogP contribution < -0.4 is 5.73 Å². The molecule has 0 unspecified atom stereocenters. The van der Waals surface area contributed by atoms with Crippen LogP contribution in [-0.2, 0) is 12.2 Å². The van der Waals surface area contributed by atoms with Crippen LogP contribution in [0.15, 0.2) is 71.8 Å². The average molecular weight is 255 g/mol. The molecule has 2 N–H and O–H groups in total. The zero-order chi connectivity index (χ0) is 12.8. The van der Waals surface area contributed by atoms with E-state index < -0.39 is 0 Å². The Morgan fingerprint density at radius 3 is 2.22 bits per heavy atom. The molecule has 2 heteroatoms. The van der Waals surface area contributed by atoms with Crippen molar-refractivity contribution in [3.05, 3.63) is 78.0 Å². The van der Waals surface area contributed by atoms with Crippen molar-refractivity contribution in [3.63, 3.8) is 0 Å². The highest BCUT2D eigenvalue weighted by Crippen LogP contribution is 2.23. The summed E-state index contributed by atoms with van der Waals surface area (Å²) in [6, 6.07) is 19.0. The van der Waals surface area contributed by atoms with Crippen LogP contribution in [0, 0.1) is 0 Å². The fourth-order valence-electron chi connectivity index (χ4n) is 1.71. The van der Waals surface area contributed by atoms with E-state index in [1.54, 1.807) is 0 Å². The standard InChI is InChI=1S/C16H17NS/c1-13(17)11-14-7-9-16(10-8-14)18-12-15-5-3-2-4-6-15/h2-10H,1,11-12,17H2. The lowest BCUT2D eigenvalue weighted by Gasteiger charge is -2.04. The number of thioether (sulfide) groups is 1. The summed E-state index contributed by atoms with van der Waals surface area (Å²) in [5.74, 6) is 1.00. The maximum absolute atomic E-state index is 5.60. The molecule has 2 aromatic carbocycles. The third-order valence-electron chi connectivity index (χ3n) is 2.60. The molecular weight excluding hydrogens is 238 g/mol. The summed E-state index contributed by atoms with van der Waals surface area (Å²) < 4.78 is 0. The first-order valence-electron chi connectivity index (χ1n) is 5.93. The van der Waals surface area contributed by atoms with Gasteiger partial charge in [-0.2, -0.15) is 0 Å². The lowest BCUT2D eigenvalue weighted by Crippen LogP contribution is -1.98. The van der Waals surface area contributed by atoms with Crippen LogP contribution >= 0.6 is 11.8 Å². The monoisotopic (exact) mass is 255 g/mol. The third-order valence-corrected chi connectivity index (χ3v) is 3.69. The summed E-state index contributed by atoms with van der Waals surface area (Å²) in [6.07, 6.45) is 0.754. The molecule has 0 amide bonds. The highest BCUT2D eigenvalue weighted by Gasteiger charge is 1.97. The predicted octanol–water partition coefficient (Wildman–Crippen LogP) is 3.99. The average Bonchev–Trinajstić information content (AvgIpc) is 2.38. The summed E-state index contributed by atoms with van der Waals surface area (Å²) in [5.41, 5.74) is 8.87.